The average molecular weight is 733 g/mol. The minimum atomic E-state index is -0.954. The van der Waals surface area contributed by atoms with Crippen LogP contribution in [-0.2, 0) is 49.7 Å². The summed E-state index contributed by atoms with van der Waals surface area (Å²) in [6.45, 7) is 12.6. The van der Waals surface area contributed by atoms with Gasteiger partial charge >= 0.3 is 0 Å². The molecule has 47 heavy (non-hydrogen) atoms. The lowest BCUT2D eigenvalue weighted by Crippen LogP contribution is -2.77. The van der Waals surface area contributed by atoms with Crippen LogP contribution < -0.4 is 4.74 Å². The Morgan fingerprint density at radius 1 is 0.851 bits per heavy atom. The number of phenols is 1. The van der Waals surface area contributed by atoms with E-state index < -0.39 is 11.0 Å². The topological polar surface area (TPSA) is 127 Å². The van der Waals surface area contributed by atoms with E-state index in [1.54, 1.807) is 13.2 Å². The van der Waals surface area contributed by atoms with Crippen LogP contribution in [0.15, 0.2) is 24.8 Å². The minimum absolute atomic E-state index is 0. The Bertz CT molecular complexity index is 1100. The number of rotatable bonds is 24. The van der Waals surface area contributed by atoms with Crippen molar-refractivity contribution in [2.75, 3.05) is 113 Å². The first kappa shape index (κ1) is 38.4. The molecule has 1 aromatic rings. The molecule has 1 saturated heterocycles. The average Bonchev–Trinajstić information content (AvgIpc) is 3.41. The fraction of sp³-hybridized carbons (Fsp3) is 0.765. The van der Waals surface area contributed by atoms with Gasteiger partial charge in [0.05, 0.1) is 110 Å². The van der Waals surface area contributed by atoms with E-state index in [-0.39, 0.29) is 41.0 Å². The highest BCUT2D eigenvalue weighted by atomic mass is 79.9. The monoisotopic (exact) mass is 731 g/mol. The zero-order chi connectivity index (χ0) is 32.2. The number of piperidine rings is 1. The lowest BCUT2D eigenvalue weighted by molar-refractivity contribution is -0.215. The number of hydrogen-bond donors (Lipinski definition) is 2. The van der Waals surface area contributed by atoms with E-state index in [1.807, 2.05) is 12.1 Å². The van der Waals surface area contributed by atoms with Gasteiger partial charge in [0.25, 0.3) is 0 Å². The predicted molar refractivity (Wildman–Crippen MR) is 179 cm³/mol. The van der Waals surface area contributed by atoms with Crippen LogP contribution in [0.3, 0.4) is 0 Å². The molecule has 2 N–H and O–H groups in total. The fourth-order valence-corrected chi connectivity index (χ4v) is 7.74. The van der Waals surface area contributed by atoms with Crippen molar-refractivity contribution >= 4 is 17.0 Å². The van der Waals surface area contributed by atoms with Gasteiger partial charge < -0.3 is 52.8 Å². The summed E-state index contributed by atoms with van der Waals surface area (Å²) in [7, 11) is 1.65. The van der Waals surface area contributed by atoms with E-state index in [4.69, 9.17) is 42.6 Å². The lowest BCUT2D eigenvalue weighted by atomic mass is 9.48. The second kappa shape index (κ2) is 19.1. The van der Waals surface area contributed by atoms with Crippen LogP contribution in [0.25, 0.3) is 0 Å². The molecular formula is C34H54BrNO11. The molecule has 5 atom stereocenters. The highest BCUT2D eigenvalue weighted by molar-refractivity contribution is 8.93. The van der Waals surface area contributed by atoms with E-state index in [0.29, 0.717) is 111 Å². The smallest absolute Gasteiger partial charge is 0.165 e. The molecule has 1 saturated carbocycles. The standard InChI is InChI=1S/C34H53NO11.BrH/c1-3-9-35-10-8-33-30-26-4-5-27(36)31(30)46-32(33)28(6-7-34(33,37)29(35)25-26)45-24-23-44-22-21-43-20-19-42-18-17-41-16-15-40-14-13-39-12-11-38-2;/h3-5,28-29,32,36-37H,1,6-25H2,2H3;1H/t28-,29+,32-,33-,34+;/m1./s1. The van der Waals surface area contributed by atoms with Gasteiger partial charge in [-0.1, -0.05) is 12.1 Å². The van der Waals surface area contributed by atoms with Crippen LogP contribution in [0.1, 0.15) is 30.4 Å². The number of aliphatic hydroxyl groups is 1. The summed E-state index contributed by atoms with van der Waals surface area (Å²) in [5.41, 5.74) is 0.592. The summed E-state index contributed by atoms with van der Waals surface area (Å²) >= 11 is 0. The van der Waals surface area contributed by atoms with Crippen LogP contribution in [-0.4, -0.2) is 152 Å². The third kappa shape index (κ3) is 8.69. The molecule has 2 aliphatic carbocycles. The largest absolute Gasteiger partial charge is 0.504 e. The molecule has 13 heteroatoms. The number of benzene rings is 1. The molecule has 0 aromatic heterocycles. The second-order valence-electron chi connectivity index (χ2n) is 12.3. The highest BCUT2D eigenvalue weighted by Crippen LogP contribution is 2.65. The van der Waals surface area contributed by atoms with Crippen molar-refractivity contribution < 1.29 is 52.8 Å². The number of likely N-dealkylation sites (tertiary alicyclic amines) is 1. The van der Waals surface area contributed by atoms with Gasteiger partial charge in [-0.05, 0) is 43.9 Å². The van der Waals surface area contributed by atoms with Crippen LogP contribution in [0.2, 0.25) is 0 Å². The molecule has 1 spiro atoms. The Hall–Kier alpha value is -1.36. The van der Waals surface area contributed by atoms with Gasteiger partial charge in [0.2, 0.25) is 0 Å². The number of ether oxygens (including phenoxy) is 9. The summed E-state index contributed by atoms with van der Waals surface area (Å²) < 4.78 is 50.9. The highest BCUT2D eigenvalue weighted by Gasteiger charge is 2.73. The van der Waals surface area contributed by atoms with E-state index in [1.165, 1.54) is 0 Å². The molecule has 2 heterocycles. The molecule has 0 unspecified atom stereocenters. The summed E-state index contributed by atoms with van der Waals surface area (Å²) in [4.78, 5) is 2.35. The number of halogens is 1. The molecule has 4 aliphatic rings. The number of methoxy groups -OCH3 is 1. The molecule has 5 rings (SSSR count). The minimum Gasteiger partial charge on any atom is -0.504 e. The molecule has 12 nitrogen and oxygen atoms in total. The van der Waals surface area contributed by atoms with Gasteiger partial charge in [-0.25, -0.2) is 0 Å². The summed E-state index contributed by atoms with van der Waals surface area (Å²) in [5, 5.41) is 23.1. The Morgan fingerprint density at radius 2 is 1.40 bits per heavy atom. The number of nitrogens with zero attached hydrogens (tertiary/aromatic N) is 1. The van der Waals surface area contributed by atoms with Crippen molar-refractivity contribution in [2.24, 2.45) is 0 Å². The third-order valence-corrected chi connectivity index (χ3v) is 9.73. The van der Waals surface area contributed by atoms with Crippen LogP contribution in [0, 0.1) is 0 Å². The van der Waals surface area contributed by atoms with Crippen molar-refractivity contribution in [3.8, 4) is 11.5 Å². The maximum atomic E-state index is 12.4. The Morgan fingerprint density at radius 3 is 1.96 bits per heavy atom. The molecule has 2 fully saturated rings. The van der Waals surface area contributed by atoms with Crippen LogP contribution >= 0.6 is 17.0 Å². The summed E-state index contributed by atoms with van der Waals surface area (Å²) in [6, 6.07) is 3.69. The fourth-order valence-electron chi connectivity index (χ4n) is 7.74. The SMILES string of the molecule is Br.C=CCN1CC[C@@]23c4c5ccc(O)c4O[C@@H]2[C@H](OCCOCCOCCOCCOCCOCCOCCOC)CC[C@]3(O)[C@@H]1C5. The van der Waals surface area contributed by atoms with Gasteiger partial charge in [0.1, 0.15) is 6.10 Å². The normalized spacial score (nSPS) is 27.2. The quantitative estimate of drug-likeness (QED) is 0.120. The number of aromatic hydroxyl groups is 1. The first-order chi connectivity index (χ1) is 22.6. The van der Waals surface area contributed by atoms with Gasteiger partial charge in [-0.15, -0.1) is 23.6 Å². The number of phenolic OH excluding ortho intramolecular Hbond substituents is 1. The Balaban J connectivity index is 0.00000500. The first-order valence-corrected chi connectivity index (χ1v) is 16.7. The molecule has 268 valence electrons. The zero-order valence-corrected chi connectivity index (χ0v) is 29.5. The first-order valence-electron chi connectivity index (χ1n) is 16.7. The maximum absolute atomic E-state index is 12.4. The Kier molecular flexibility index (Phi) is 15.7. The van der Waals surface area contributed by atoms with Gasteiger partial charge in [-0.3, -0.25) is 4.90 Å². The summed E-state index contributed by atoms with van der Waals surface area (Å²) in [5.74, 6) is 0.660. The lowest BCUT2D eigenvalue weighted by Gasteiger charge is -2.64. The summed E-state index contributed by atoms with van der Waals surface area (Å²) in [6.07, 6.45) is 4.12. The van der Waals surface area contributed by atoms with E-state index in [2.05, 4.69) is 11.5 Å². The molecule has 0 amide bonds. The van der Waals surface area contributed by atoms with Crippen molar-refractivity contribution in [1.29, 1.82) is 0 Å². The van der Waals surface area contributed by atoms with E-state index >= 15 is 0 Å². The molecule has 2 bridgehead atoms. The second-order valence-corrected chi connectivity index (χ2v) is 12.3. The van der Waals surface area contributed by atoms with Crippen molar-refractivity contribution in [3.05, 3.63) is 35.9 Å². The van der Waals surface area contributed by atoms with Gasteiger partial charge in [0.15, 0.2) is 11.5 Å². The van der Waals surface area contributed by atoms with E-state index in [9.17, 15) is 10.2 Å². The third-order valence-electron chi connectivity index (χ3n) is 9.73. The van der Waals surface area contributed by atoms with Crippen LogP contribution in [0.5, 0.6) is 11.5 Å². The Labute approximate surface area is 289 Å². The predicted octanol–water partition coefficient (Wildman–Crippen LogP) is 2.44. The van der Waals surface area contributed by atoms with Crippen molar-refractivity contribution in [1.82, 2.24) is 4.90 Å². The molecule has 0 radical (unpaired) electrons. The molecule has 1 aromatic carbocycles. The van der Waals surface area contributed by atoms with Gasteiger partial charge in [-0.2, -0.15) is 0 Å². The molecular weight excluding hydrogens is 678 g/mol. The maximum Gasteiger partial charge on any atom is 0.165 e. The van der Waals surface area contributed by atoms with E-state index in [0.717, 1.165) is 37.1 Å². The number of hydrogen-bond acceptors (Lipinski definition) is 12. The van der Waals surface area contributed by atoms with Gasteiger partial charge in [0, 0.05) is 25.3 Å². The van der Waals surface area contributed by atoms with Crippen molar-refractivity contribution in [2.45, 2.75) is 54.9 Å². The molecule has 2 aliphatic heterocycles. The zero-order valence-electron chi connectivity index (χ0n) is 27.7. The van der Waals surface area contributed by atoms with Crippen molar-refractivity contribution in [3.63, 3.8) is 0 Å². The van der Waals surface area contributed by atoms with Crippen LogP contribution in [0.4, 0.5) is 0 Å².